The highest BCUT2D eigenvalue weighted by Crippen LogP contribution is 2.27. The lowest BCUT2D eigenvalue weighted by Gasteiger charge is -2.25. The van der Waals surface area contributed by atoms with Crippen LogP contribution in [-0.4, -0.2) is 16.5 Å². The highest BCUT2D eigenvalue weighted by atomic mass is 14.9. The minimum absolute atomic E-state index is 0.481. The quantitative estimate of drug-likeness (QED) is 0.845. The minimum atomic E-state index is 0.481. The lowest BCUT2D eigenvalue weighted by molar-refractivity contribution is 0.452. The van der Waals surface area contributed by atoms with Gasteiger partial charge in [-0.3, -0.25) is 0 Å². The minimum Gasteiger partial charge on any atom is -0.310 e. The first-order valence-corrected chi connectivity index (χ1v) is 6.43. The van der Waals surface area contributed by atoms with Crippen molar-refractivity contribution in [3.63, 3.8) is 0 Å². The fourth-order valence-electron chi connectivity index (χ4n) is 2.29. The van der Waals surface area contributed by atoms with E-state index >= 15 is 0 Å². The second-order valence-electron chi connectivity index (χ2n) is 4.44. The van der Waals surface area contributed by atoms with Crippen molar-refractivity contribution in [3.05, 3.63) is 23.3 Å². The first-order valence-electron chi connectivity index (χ1n) is 6.43. The number of aromatic nitrogens is 2. The van der Waals surface area contributed by atoms with Gasteiger partial charge in [-0.05, 0) is 32.2 Å². The number of hydrogen-bond donors (Lipinski definition) is 1. The molecule has 0 bridgehead atoms. The zero-order valence-corrected chi connectivity index (χ0v) is 10.3. The van der Waals surface area contributed by atoms with Gasteiger partial charge in [-0.2, -0.15) is 0 Å². The van der Waals surface area contributed by atoms with Gasteiger partial charge in [0.15, 0.2) is 0 Å². The molecule has 0 fully saturated rings. The molecule has 88 valence electrons. The smallest absolute Gasteiger partial charge is 0.128 e. The average Bonchev–Trinajstić information content (AvgIpc) is 2.35. The summed E-state index contributed by atoms with van der Waals surface area (Å²) in [5.74, 6) is 0.981. The van der Waals surface area contributed by atoms with Crippen molar-refractivity contribution in [2.45, 2.75) is 52.0 Å². The van der Waals surface area contributed by atoms with Crippen molar-refractivity contribution < 1.29 is 0 Å². The Kier molecular flexibility index (Phi) is 3.88. The topological polar surface area (TPSA) is 37.8 Å². The van der Waals surface area contributed by atoms with Gasteiger partial charge < -0.3 is 5.32 Å². The molecule has 0 aromatic carbocycles. The molecule has 3 heteroatoms. The lowest BCUT2D eigenvalue weighted by atomic mass is 9.92. The van der Waals surface area contributed by atoms with Crippen molar-refractivity contribution >= 4 is 0 Å². The van der Waals surface area contributed by atoms with Crippen LogP contribution in [0.4, 0.5) is 0 Å². The van der Waals surface area contributed by atoms with Crippen LogP contribution < -0.4 is 5.32 Å². The molecule has 1 atom stereocenters. The van der Waals surface area contributed by atoms with Crippen LogP contribution in [0.15, 0.2) is 6.20 Å². The van der Waals surface area contributed by atoms with Gasteiger partial charge in [-0.15, -0.1) is 0 Å². The van der Waals surface area contributed by atoms with E-state index in [1.54, 1.807) is 0 Å². The normalized spacial score (nSPS) is 19.5. The number of hydrogen-bond acceptors (Lipinski definition) is 3. The highest BCUT2D eigenvalue weighted by molar-refractivity contribution is 5.24. The fraction of sp³-hybridized carbons (Fsp3) is 0.692. The molecule has 1 aromatic rings. The summed E-state index contributed by atoms with van der Waals surface area (Å²) in [5, 5.41) is 3.58. The Labute approximate surface area is 97.7 Å². The summed E-state index contributed by atoms with van der Waals surface area (Å²) >= 11 is 0. The Morgan fingerprint density at radius 2 is 2.31 bits per heavy atom. The maximum absolute atomic E-state index is 4.64. The van der Waals surface area contributed by atoms with E-state index in [9.17, 15) is 0 Å². The third kappa shape index (κ3) is 2.40. The largest absolute Gasteiger partial charge is 0.310 e. The highest BCUT2D eigenvalue weighted by Gasteiger charge is 2.21. The molecule has 0 amide bonds. The first-order chi connectivity index (χ1) is 7.85. The fourth-order valence-corrected chi connectivity index (χ4v) is 2.29. The second kappa shape index (κ2) is 5.39. The molecular formula is C13H21N3. The molecule has 1 aromatic heterocycles. The van der Waals surface area contributed by atoms with Crippen molar-refractivity contribution in [2.75, 3.05) is 6.54 Å². The molecule has 1 aliphatic carbocycles. The Morgan fingerprint density at radius 1 is 1.44 bits per heavy atom. The van der Waals surface area contributed by atoms with Crippen LogP contribution >= 0.6 is 0 Å². The van der Waals surface area contributed by atoms with Crippen LogP contribution in [0.25, 0.3) is 0 Å². The second-order valence-corrected chi connectivity index (χ2v) is 4.44. The molecule has 2 rings (SSSR count). The predicted octanol–water partition coefficient (Wildman–Crippen LogP) is 2.42. The molecule has 0 saturated carbocycles. The van der Waals surface area contributed by atoms with Gasteiger partial charge in [0.25, 0.3) is 0 Å². The third-order valence-corrected chi connectivity index (χ3v) is 3.19. The van der Waals surface area contributed by atoms with Crippen LogP contribution in [0.5, 0.6) is 0 Å². The van der Waals surface area contributed by atoms with Crippen LogP contribution in [0.3, 0.4) is 0 Å². The van der Waals surface area contributed by atoms with Crippen LogP contribution in [0, 0.1) is 0 Å². The third-order valence-electron chi connectivity index (χ3n) is 3.19. The van der Waals surface area contributed by atoms with E-state index in [4.69, 9.17) is 0 Å². The van der Waals surface area contributed by atoms with E-state index in [0.717, 1.165) is 25.2 Å². The molecule has 1 N–H and O–H groups in total. The number of rotatable bonds is 4. The molecule has 0 aliphatic heterocycles. The molecule has 1 aliphatic rings. The maximum atomic E-state index is 4.64. The van der Waals surface area contributed by atoms with E-state index in [-0.39, 0.29) is 0 Å². The van der Waals surface area contributed by atoms with Gasteiger partial charge in [-0.25, -0.2) is 9.97 Å². The summed E-state index contributed by atoms with van der Waals surface area (Å²) in [5.41, 5.74) is 2.60. The molecule has 0 radical (unpaired) electrons. The average molecular weight is 219 g/mol. The van der Waals surface area contributed by atoms with E-state index in [0.29, 0.717) is 6.04 Å². The van der Waals surface area contributed by atoms with Crippen molar-refractivity contribution in [1.29, 1.82) is 0 Å². The first kappa shape index (κ1) is 11.5. The lowest BCUT2D eigenvalue weighted by Crippen LogP contribution is -2.27. The summed E-state index contributed by atoms with van der Waals surface area (Å²) in [6, 6.07) is 0.481. The number of nitrogens with one attached hydrogen (secondary N) is 1. The zero-order valence-electron chi connectivity index (χ0n) is 10.3. The molecule has 1 unspecified atom stereocenters. The van der Waals surface area contributed by atoms with Gasteiger partial charge in [0.05, 0.1) is 0 Å². The molecule has 3 nitrogen and oxygen atoms in total. The van der Waals surface area contributed by atoms with Gasteiger partial charge >= 0.3 is 0 Å². The Bertz CT molecular complexity index is 349. The maximum Gasteiger partial charge on any atom is 0.128 e. The molecule has 16 heavy (non-hydrogen) atoms. The standard InChI is InChI=1S/C13H21N3/c1-3-8-14-11-6-5-7-12-10(11)9-15-13(4-2)16-12/h9,11,14H,3-8H2,1-2H3. The van der Waals surface area contributed by atoms with Gasteiger partial charge in [0, 0.05) is 29.9 Å². The SMILES string of the molecule is CCCNC1CCCc2nc(CC)ncc21. The van der Waals surface area contributed by atoms with Crippen LogP contribution in [-0.2, 0) is 12.8 Å². The number of fused-ring (bicyclic) bond motifs is 1. The number of nitrogens with zero attached hydrogens (tertiary/aromatic N) is 2. The summed E-state index contributed by atoms with van der Waals surface area (Å²) < 4.78 is 0. The monoisotopic (exact) mass is 219 g/mol. The van der Waals surface area contributed by atoms with Crippen molar-refractivity contribution in [2.24, 2.45) is 0 Å². The predicted molar refractivity (Wildman–Crippen MR) is 65.4 cm³/mol. The van der Waals surface area contributed by atoms with E-state index < -0.39 is 0 Å². The van der Waals surface area contributed by atoms with Gasteiger partial charge in [-0.1, -0.05) is 13.8 Å². The van der Waals surface area contributed by atoms with Crippen LogP contribution in [0.2, 0.25) is 0 Å². The van der Waals surface area contributed by atoms with E-state index in [2.05, 4.69) is 29.1 Å². The molecular weight excluding hydrogens is 198 g/mol. The zero-order chi connectivity index (χ0) is 11.4. The van der Waals surface area contributed by atoms with E-state index in [1.165, 1.54) is 30.5 Å². The number of aryl methyl sites for hydroxylation is 2. The van der Waals surface area contributed by atoms with Gasteiger partial charge in [0.1, 0.15) is 5.82 Å². The molecule has 0 saturated heterocycles. The summed E-state index contributed by atoms with van der Waals surface area (Å²) in [6.07, 6.45) is 7.74. The van der Waals surface area contributed by atoms with Crippen LogP contribution in [0.1, 0.15) is 56.2 Å². The molecule has 0 spiro atoms. The Hall–Kier alpha value is -0.960. The summed E-state index contributed by atoms with van der Waals surface area (Å²) in [7, 11) is 0. The Balaban J connectivity index is 2.18. The van der Waals surface area contributed by atoms with Crippen molar-refractivity contribution in [1.82, 2.24) is 15.3 Å². The summed E-state index contributed by atoms with van der Waals surface area (Å²) in [4.78, 5) is 9.06. The van der Waals surface area contributed by atoms with E-state index in [1.807, 2.05) is 6.20 Å². The van der Waals surface area contributed by atoms with Crippen molar-refractivity contribution in [3.8, 4) is 0 Å². The summed E-state index contributed by atoms with van der Waals surface area (Å²) in [6.45, 7) is 5.39. The molecule has 1 heterocycles. The Morgan fingerprint density at radius 3 is 3.06 bits per heavy atom. The van der Waals surface area contributed by atoms with Gasteiger partial charge in [0.2, 0.25) is 0 Å².